The average Bonchev–Trinajstić information content (AvgIpc) is 2.52. The largest absolute Gasteiger partial charge is 0.350 e. The van der Waals surface area contributed by atoms with Crippen LogP contribution in [0.25, 0.3) is 0 Å². The van der Waals surface area contributed by atoms with Crippen molar-refractivity contribution in [2.45, 2.75) is 26.2 Å². The average molecular weight is 217 g/mol. The number of hydrogen-bond donors (Lipinski definition) is 2. The summed E-state index contributed by atoms with van der Waals surface area (Å²) in [5.74, 6) is 0.448. The van der Waals surface area contributed by atoms with Crippen molar-refractivity contribution in [1.29, 1.82) is 0 Å². The molecule has 2 rings (SSSR count). The number of amides is 2. The van der Waals surface area contributed by atoms with E-state index in [-0.39, 0.29) is 0 Å². The van der Waals surface area contributed by atoms with E-state index in [0.29, 0.717) is 5.92 Å². The van der Waals surface area contributed by atoms with E-state index in [9.17, 15) is 4.79 Å². The van der Waals surface area contributed by atoms with Gasteiger partial charge in [-0.25, -0.2) is 10.2 Å². The van der Waals surface area contributed by atoms with Crippen molar-refractivity contribution in [3.63, 3.8) is 0 Å². The van der Waals surface area contributed by atoms with Crippen LogP contribution in [0.15, 0.2) is 23.3 Å². The normalized spacial score (nSPS) is 20.9. The van der Waals surface area contributed by atoms with E-state index in [4.69, 9.17) is 5.73 Å². The van der Waals surface area contributed by atoms with E-state index in [0.717, 1.165) is 17.7 Å². The van der Waals surface area contributed by atoms with Crippen LogP contribution < -0.4 is 11.2 Å². The lowest BCUT2D eigenvalue weighted by Crippen LogP contribution is -2.25. The summed E-state index contributed by atoms with van der Waals surface area (Å²) in [6.45, 7) is 4.20. The highest BCUT2D eigenvalue weighted by Gasteiger charge is 2.24. The van der Waals surface area contributed by atoms with E-state index in [1.165, 1.54) is 11.1 Å². The summed E-state index contributed by atoms with van der Waals surface area (Å²) in [6.07, 6.45) is 0.846. The van der Waals surface area contributed by atoms with E-state index < -0.39 is 6.03 Å². The summed E-state index contributed by atoms with van der Waals surface area (Å²) >= 11 is 0. The summed E-state index contributed by atoms with van der Waals surface area (Å²) in [4.78, 5) is 10.6. The molecular weight excluding hydrogens is 202 g/mol. The lowest BCUT2D eigenvalue weighted by Gasteiger charge is -2.03. The molecule has 1 aliphatic carbocycles. The van der Waals surface area contributed by atoms with Crippen LogP contribution in [0.1, 0.15) is 36.0 Å². The molecule has 4 nitrogen and oxygen atoms in total. The Hall–Kier alpha value is -1.84. The number of benzene rings is 1. The highest BCUT2D eigenvalue weighted by atomic mass is 16.2. The third kappa shape index (κ3) is 1.91. The number of hydrogen-bond acceptors (Lipinski definition) is 2. The van der Waals surface area contributed by atoms with Gasteiger partial charge in [0.1, 0.15) is 0 Å². The van der Waals surface area contributed by atoms with Crippen LogP contribution in [0, 0.1) is 6.92 Å². The van der Waals surface area contributed by atoms with E-state index in [1.54, 1.807) is 0 Å². The maximum Gasteiger partial charge on any atom is 0.332 e. The van der Waals surface area contributed by atoms with E-state index in [2.05, 4.69) is 35.7 Å². The number of nitrogens with two attached hydrogens (primary N) is 1. The number of rotatable bonds is 1. The predicted octanol–water partition coefficient (Wildman–Crippen LogP) is 1.87. The minimum Gasteiger partial charge on any atom is -0.350 e. The van der Waals surface area contributed by atoms with Gasteiger partial charge >= 0.3 is 6.03 Å². The Morgan fingerprint density at radius 1 is 1.56 bits per heavy atom. The monoisotopic (exact) mass is 217 g/mol. The molecule has 0 aromatic heterocycles. The quantitative estimate of drug-likeness (QED) is 0.693. The summed E-state index contributed by atoms with van der Waals surface area (Å²) in [6, 6.07) is 5.70. The van der Waals surface area contributed by atoms with Gasteiger partial charge < -0.3 is 5.73 Å². The molecule has 0 spiro atoms. The third-order valence-corrected chi connectivity index (χ3v) is 2.85. The second kappa shape index (κ2) is 3.96. The molecule has 16 heavy (non-hydrogen) atoms. The number of carbonyl (C=O) groups excluding carboxylic acids is 1. The van der Waals surface area contributed by atoms with Crippen LogP contribution in [0.4, 0.5) is 4.79 Å². The molecule has 0 heterocycles. The van der Waals surface area contributed by atoms with Gasteiger partial charge in [-0.05, 0) is 30.9 Å². The van der Waals surface area contributed by atoms with Gasteiger partial charge in [0.05, 0.1) is 5.71 Å². The van der Waals surface area contributed by atoms with Crippen LogP contribution in [-0.4, -0.2) is 11.7 Å². The summed E-state index contributed by atoms with van der Waals surface area (Å²) in [5, 5.41) is 4.05. The molecule has 0 unspecified atom stereocenters. The third-order valence-electron chi connectivity index (χ3n) is 2.85. The Kier molecular flexibility index (Phi) is 2.64. The fourth-order valence-electron chi connectivity index (χ4n) is 2.09. The second-order valence-corrected chi connectivity index (χ2v) is 4.23. The van der Waals surface area contributed by atoms with Crippen molar-refractivity contribution in [1.82, 2.24) is 5.43 Å². The van der Waals surface area contributed by atoms with Crippen LogP contribution in [-0.2, 0) is 0 Å². The minimum absolute atomic E-state index is 0.448. The standard InChI is InChI=1S/C12H15N3O/c1-7-3-4-9-8(2)6-11(10(9)5-7)14-15-12(13)16/h3-5,8H,6H2,1-2H3,(H3,13,15,16)/t8-/m0/s1. The first-order chi connectivity index (χ1) is 7.58. The molecule has 3 N–H and O–H groups in total. The number of urea groups is 1. The first-order valence-electron chi connectivity index (χ1n) is 5.31. The molecule has 1 aliphatic rings. The van der Waals surface area contributed by atoms with Crippen molar-refractivity contribution in [2.24, 2.45) is 10.8 Å². The fourth-order valence-corrected chi connectivity index (χ4v) is 2.09. The number of nitrogens with zero attached hydrogens (tertiary/aromatic N) is 1. The zero-order chi connectivity index (χ0) is 11.7. The smallest absolute Gasteiger partial charge is 0.332 e. The van der Waals surface area contributed by atoms with Crippen molar-refractivity contribution in [3.8, 4) is 0 Å². The molecule has 84 valence electrons. The second-order valence-electron chi connectivity index (χ2n) is 4.23. The first-order valence-corrected chi connectivity index (χ1v) is 5.31. The topological polar surface area (TPSA) is 67.5 Å². The molecule has 0 bridgehead atoms. The van der Waals surface area contributed by atoms with E-state index in [1.807, 2.05) is 6.92 Å². The van der Waals surface area contributed by atoms with Gasteiger partial charge in [-0.2, -0.15) is 5.10 Å². The highest BCUT2D eigenvalue weighted by Crippen LogP contribution is 2.33. The van der Waals surface area contributed by atoms with Gasteiger partial charge in [-0.15, -0.1) is 0 Å². The molecule has 0 fully saturated rings. The highest BCUT2D eigenvalue weighted by molar-refractivity contribution is 6.05. The summed E-state index contributed by atoms with van der Waals surface area (Å²) in [5.41, 5.74) is 11.8. The van der Waals surface area contributed by atoms with Crippen molar-refractivity contribution in [2.75, 3.05) is 0 Å². The molecular formula is C12H15N3O. The number of primary amides is 1. The van der Waals surface area contributed by atoms with Gasteiger partial charge in [0.2, 0.25) is 0 Å². The molecule has 1 atom stereocenters. The molecule has 4 heteroatoms. The maximum absolute atomic E-state index is 10.6. The molecule has 1 aromatic rings. The Bertz CT molecular complexity index is 465. The molecule has 0 radical (unpaired) electrons. The van der Waals surface area contributed by atoms with Crippen LogP contribution in [0.2, 0.25) is 0 Å². The Labute approximate surface area is 94.5 Å². The molecule has 0 aliphatic heterocycles. The van der Waals surface area contributed by atoms with Crippen molar-refractivity contribution < 1.29 is 4.79 Å². The number of nitrogens with one attached hydrogen (secondary N) is 1. The number of carbonyl (C=O) groups is 1. The Morgan fingerprint density at radius 3 is 3.00 bits per heavy atom. The van der Waals surface area contributed by atoms with Gasteiger partial charge in [0.25, 0.3) is 0 Å². The maximum atomic E-state index is 10.6. The van der Waals surface area contributed by atoms with Gasteiger partial charge in [0.15, 0.2) is 0 Å². The van der Waals surface area contributed by atoms with Gasteiger partial charge in [-0.1, -0.05) is 24.6 Å². The Balaban J connectivity index is 2.37. The summed E-state index contributed by atoms with van der Waals surface area (Å²) in [7, 11) is 0. The molecule has 0 saturated heterocycles. The van der Waals surface area contributed by atoms with Crippen LogP contribution >= 0.6 is 0 Å². The van der Waals surface area contributed by atoms with Gasteiger partial charge in [-0.3, -0.25) is 0 Å². The van der Waals surface area contributed by atoms with E-state index >= 15 is 0 Å². The number of aryl methyl sites for hydroxylation is 1. The SMILES string of the molecule is Cc1ccc2c(c1)C(=NNC(N)=O)C[C@@H]2C. The molecule has 0 saturated carbocycles. The Morgan fingerprint density at radius 2 is 2.31 bits per heavy atom. The molecule has 2 amide bonds. The van der Waals surface area contributed by atoms with Crippen LogP contribution in [0.3, 0.4) is 0 Å². The first kappa shape index (κ1) is 10.7. The lowest BCUT2D eigenvalue weighted by atomic mass is 10.0. The van der Waals surface area contributed by atoms with Gasteiger partial charge in [0, 0.05) is 5.56 Å². The predicted molar refractivity (Wildman–Crippen MR) is 63.5 cm³/mol. The van der Waals surface area contributed by atoms with Crippen molar-refractivity contribution in [3.05, 3.63) is 34.9 Å². The lowest BCUT2D eigenvalue weighted by molar-refractivity contribution is 0.249. The zero-order valence-electron chi connectivity index (χ0n) is 9.45. The number of hydrazone groups is 1. The molecule has 1 aromatic carbocycles. The van der Waals surface area contributed by atoms with Crippen molar-refractivity contribution >= 4 is 11.7 Å². The van der Waals surface area contributed by atoms with Crippen LogP contribution in [0.5, 0.6) is 0 Å². The fraction of sp³-hybridized carbons (Fsp3) is 0.333. The number of fused-ring (bicyclic) bond motifs is 1. The summed E-state index contributed by atoms with van der Waals surface area (Å²) < 4.78 is 0. The zero-order valence-corrected chi connectivity index (χ0v) is 9.45. The minimum atomic E-state index is -0.624.